The van der Waals surface area contributed by atoms with Gasteiger partial charge in [-0.25, -0.2) is 8.42 Å². The number of rotatable bonds is 19. The van der Waals surface area contributed by atoms with E-state index in [4.69, 9.17) is 0 Å². The molecule has 27 heavy (non-hydrogen) atoms. The average Bonchev–Trinajstić information content (AvgIpc) is 2.52. The Bertz CT molecular complexity index is 437. The van der Waals surface area contributed by atoms with E-state index in [2.05, 4.69) is 6.92 Å². The summed E-state index contributed by atoms with van der Waals surface area (Å²) in [7, 11) is -0.405. The van der Waals surface area contributed by atoms with E-state index >= 15 is 0 Å². The van der Waals surface area contributed by atoms with Crippen LogP contribution in [0.3, 0.4) is 0 Å². The first-order valence-corrected chi connectivity index (χ1v) is 12.7. The molecular weight excluding hydrogens is 362 g/mol. The zero-order valence-electron chi connectivity index (χ0n) is 18.1. The lowest BCUT2D eigenvalue weighted by Crippen LogP contribution is -2.47. The number of quaternary nitrogens is 1. The molecule has 1 unspecified atom stereocenters. The van der Waals surface area contributed by atoms with Crippen LogP contribution in [0.15, 0.2) is 0 Å². The van der Waals surface area contributed by atoms with Gasteiger partial charge < -0.3 is 14.1 Å². The lowest BCUT2D eigenvalue weighted by Gasteiger charge is -2.32. The molecule has 164 valence electrons. The van der Waals surface area contributed by atoms with Crippen LogP contribution in [0.1, 0.15) is 96.8 Å². The molecule has 5 nitrogen and oxygen atoms in total. The zero-order chi connectivity index (χ0) is 20.6. The molecule has 6 heteroatoms. The van der Waals surface area contributed by atoms with Gasteiger partial charge in [-0.1, -0.05) is 84.0 Å². The van der Waals surface area contributed by atoms with Crippen molar-refractivity contribution in [3.8, 4) is 0 Å². The Balaban J connectivity index is 3.47. The smallest absolute Gasteiger partial charge is 0.116 e. The first kappa shape index (κ1) is 26.8. The lowest BCUT2D eigenvalue weighted by atomic mass is 10.0. The van der Waals surface area contributed by atoms with Crippen molar-refractivity contribution < 1.29 is 22.6 Å². The summed E-state index contributed by atoms with van der Waals surface area (Å²) in [5, 5.41) is 9.74. The van der Waals surface area contributed by atoms with Gasteiger partial charge in [0.25, 0.3) is 0 Å². The summed E-state index contributed by atoms with van der Waals surface area (Å²) in [6.45, 7) is 3.46. The number of nitrogens with zero attached hydrogens (tertiary/aromatic N) is 1. The maximum absolute atomic E-state index is 10.7. The van der Waals surface area contributed by atoms with E-state index in [1.807, 2.05) is 14.1 Å². The lowest BCUT2D eigenvalue weighted by molar-refractivity contribution is -0.893. The third-order valence-electron chi connectivity index (χ3n) is 5.22. The van der Waals surface area contributed by atoms with Gasteiger partial charge in [-0.15, -0.1) is 0 Å². The summed E-state index contributed by atoms with van der Waals surface area (Å²) in [4.78, 5) is 0. The Morgan fingerprint density at radius 2 is 1.15 bits per heavy atom. The maximum atomic E-state index is 10.7. The van der Waals surface area contributed by atoms with E-state index in [0.29, 0.717) is 11.0 Å². The summed E-state index contributed by atoms with van der Waals surface area (Å²) in [6, 6.07) is 0. The van der Waals surface area contributed by atoms with E-state index in [-0.39, 0.29) is 0 Å². The Kier molecular flexibility index (Phi) is 15.6. The zero-order valence-corrected chi connectivity index (χ0v) is 18.9. The van der Waals surface area contributed by atoms with Crippen molar-refractivity contribution >= 4 is 10.1 Å². The van der Waals surface area contributed by atoms with Crippen molar-refractivity contribution in [3.05, 3.63) is 0 Å². The largest absolute Gasteiger partial charge is 0.748 e. The maximum Gasteiger partial charge on any atom is 0.116 e. The Morgan fingerprint density at radius 3 is 1.52 bits per heavy atom. The fourth-order valence-electron chi connectivity index (χ4n) is 3.68. The molecule has 0 saturated carbocycles. The number of hydrogen-bond acceptors (Lipinski definition) is 4. The van der Waals surface area contributed by atoms with E-state index in [0.717, 1.165) is 13.0 Å². The molecule has 0 aromatic carbocycles. The van der Waals surface area contributed by atoms with Crippen LogP contribution in [0.4, 0.5) is 0 Å². The molecule has 0 aromatic heterocycles. The van der Waals surface area contributed by atoms with E-state index in [1.54, 1.807) is 0 Å². The molecule has 0 aliphatic carbocycles. The SMILES string of the molecule is CCCCCCCCCCCCCCCC[N+](C)(C)CC(O)CS(=O)(=O)[O-]. The van der Waals surface area contributed by atoms with Crippen LogP contribution in [0.5, 0.6) is 0 Å². The molecule has 0 spiro atoms. The van der Waals surface area contributed by atoms with Gasteiger partial charge in [0.2, 0.25) is 0 Å². The molecular formula is C21H45NO4S. The number of aliphatic hydroxyl groups is 1. The molecule has 0 heterocycles. The number of likely N-dealkylation sites (N-methyl/N-ethyl adjacent to an activating group) is 1. The Labute approximate surface area is 168 Å². The monoisotopic (exact) mass is 407 g/mol. The summed E-state index contributed by atoms with van der Waals surface area (Å²) in [6.07, 6.45) is 17.5. The van der Waals surface area contributed by atoms with Gasteiger partial charge in [-0.2, -0.15) is 0 Å². The molecule has 0 radical (unpaired) electrons. The van der Waals surface area contributed by atoms with Gasteiger partial charge in [0.15, 0.2) is 0 Å². The first-order chi connectivity index (χ1) is 12.7. The second-order valence-corrected chi connectivity index (χ2v) is 10.3. The summed E-state index contributed by atoms with van der Waals surface area (Å²) in [5.74, 6) is -0.687. The van der Waals surface area contributed by atoms with Crippen molar-refractivity contribution in [1.82, 2.24) is 0 Å². The molecule has 1 N–H and O–H groups in total. The Morgan fingerprint density at radius 1 is 0.778 bits per heavy atom. The molecule has 0 saturated heterocycles. The van der Waals surface area contributed by atoms with Gasteiger partial charge >= 0.3 is 0 Å². The van der Waals surface area contributed by atoms with Crippen molar-refractivity contribution in [3.63, 3.8) is 0 Å². The van der Waals surface area contributed by atoms with Crippen molar-refractivity contribution in [1.29, 1.82) is 0 Å². The molecule has 0 aromatic rings. The van der Waals surface area contributed by atoms with Crippen LogP contribution >= 0.6 is 0 Å². The number of hydrogen-bond donors (Lipinski definition) is 1. The summed E-state index contributed by atoms with van der Waals surface area (Å²) >= 11 is 0. The van der Waals surface area contributed by atoms with Gasteiger partial charge in [-0.05, 0) is 12.8 Å². The van der Waals surface area contributed by atoms with Gasteiger partial charge in [-0.3, -0.25) is 0 Å². The van der Waals surface area contributed by atoms with Crippen molar-refractivity contribution in [2.24, 2.45) is 0 Å². The minimum Gasteiger partial charge on any atom is -0.748 e. The average molecular weight is 408 g/mol. The highest BCUT2D eigenvalue weighted by Gasteiger charge is 2.21. The van der Waals surface area contributed by atoms with Gasteiger partial charge in [0, 0.05) is 0 Å². The van der Waals surface area contributed by atoms with Crippen molar-refractivity contribution in [2.75, 3.05) is 32.9 Å². The highest BCUT2D eigenvalue weighted by atomic mass is 32.2. The van der Waals surface area contributed by atoms with E-state index in [9.17, 15) is 18.1 Å². The molecule has 0 aliphatic rings. The van der Waals surface area contributed by atoms with Crippen LogP contribution < -0.4 is 0 Å². The van der Waals surface area contributed by atoms with E-state index in [1.165, 1.54) is 83.5 Å². The second kappa shape index (κ2) is 15.7. The predicted octanol–water partition coefficient (Wildman–Crippen LogP) is 4.45. The summed E-state index contributed by atoms with van der Waals surface area (Å²) < 4.78 is 32.7. The first-order valence-electron chi connectivity index (χ1n) is 11.1. The minimum atomic E-state index is -4.36. The van der Waals surface area contributed by atoms with Crippen LogP contribution in [0.2, 0.25) is 0 Å². The third kappa shape index (κ3) is 20.4. The number of unbranched alkanes of at least 4 members (excludes halogenated alkanes) is 13. The molecule has 1 atom stereocenters. The quantitative estimate of drug-likeness (QED) is 0.195. The number of aliphatic hydroxyl groups excluding tert-OH is 1. The van der Waals surface area contributed by atoms with Crippen molar-refractivity contribution in [2.45, 2.75) is 103 Å². The topological polar surface area (TPSA) is 77.4 Å². The highest BCUT2D eigenvalue weighted by Crippen LogP contribution is 2.13. The van der Waals surface area contributed by atoms with Crippen LogP contribution in [0, 0.1) is 0 Å². The molecule has 0 rings (SSSR count). The molecule has 0 amide bonds. The third-order valence-corrected chi connectivity index (χ3v) is 6.01. The molecule has 0 fully saturated rings. The minimum absolute atomic E-state index is 0.305. The fourth-order valence-corrected chi connectivity index (χ4v) is 4.26. The fraction of sp³-hybridized carbons (Fsp3) is 1.00. The van der Waals surface area contributed by atoms with E-state index < -0.39 is 22.0 Å². The van der Waals surface area contributed by atoms with Crippen LogP contribution in [-0.4, -0.2) is 61.6 Å². The normalized spacial score (nSPS) is 13.8. The van der Waals surface area contributed by atoms with Gasteiger partial charge in [0.05, 0.1) is 36.5 Å². The highest BCUT2D eigenvalue weighted by molar-refractivity contribution is 7.85. The Hall–Kier alpha value is -0.170. The van der Waals surface area contributed by atoms with Crippen LogP contribution in [-0.2, 0) is 10.1 Å². The van der Waals surface area contributed by atoms with Gasteiger partial charge in [0.1, 0.15) is 12.6 Å². The van der Waals surface area contributed by atoms with Crippen LogP contribution in [0.25, 0.3) is 0 Å². The standard InChI is InChI=1S/C21H45NO4S/c1-4-5-6-7-8-9-10-11-12-13-14-15-16-17-18-22(2,3)19-21(23)20-27(24,25)26/h21,23H,4-20H2,1-3H3. The molecule has 0 aliphatic heterocycles. The predicted molar refractivity (Wildman–Crippen MR) is 113 cm³/mol. The summed E-state index contributed by atoms with van der Waals surface area (Å²) in [5.41, 5.74) is 0. The second-order valence-electron chi connectivity index (χ2n) is 8.82. The molecule has 0 bridgehead atoms.